The summed E-state index contributed by atoms with van der Waals surface area (Å²) in [6, 6.07) is 19.4. The highest BCUT2D eigenvalue weighted by molar-refractivity contribution is 6.33. The van der Waals surface area contributed by atoms with Gasteiger partial charge in [0.2, 0.25) is 0 Å². The van der Waals surface area contributed by atoms with Crippen LogP contribution in [0.25, 0.3) is 0 Å². The van der Waals surface area contributed by atoms with Gasteiger partial charge in [-0.25, -0.2) is 0 Å². The Morgan fingerprint density at radius 3 is 2.27 bits per heavy atom. The standard InChI is InChI=1S/C24H23ClN2O3/c1-15-8-13-21(16(2)14-15)26-23(28)17(3)30-19-11-9-18(10-12-19)24(29)27-22-7-5-4-6-20(22)25/h4-14,17H,1-3H3,(H,26,28)(H,27,29)/t17-/m0/s1. The molecule has 0 aliphatic carbocycles. The van der Waals surface area contributed by atoms with Crippen LogP contribution in [0.15, 0.2) is 66.7 Å². The lowest BCUT2D eigenvalue weighted by molar-refractivity contribution is -0.122. The van der Waals surface area contributed by atoms with E-state index in [-0.39, 0.29) is 11.8 Å². The number of halogens is 1. The molecule has 0 unspecified atom stereocenters. The second-order valence-corrected chi connectivity index (χ2v) is 7.43. The Morgan fingerprint density at radius 1 is 0.900 bits per heavy atom. The van der Waals surface area contributed by atoms with Crippen LogP contribution < -0.4 is 15.4 Å². The summed E-state index contributed by atoms with van der Waals surface area (Å²) < 4.78 is 5.72. The van der Waals surface area contributed by atoms with Gasteiger partial charge in [0.25, 0.3) is 11.8 Å². The SMILES string of the molecule is Cc1ccc(NC(=O)[C@H](C)Oc2ccc(C(=O)Nc3ccccc3Cl)cc2)c(C)c1. The van der Waals surface area contributed by atoms with Gasteiger partial charge in [0.05, 0.1) is 10.7 Å². The zero-order chi connectivity index (χ0) is 21.7. The molecular formula is C24H23ClN2O3. The molecule has 3 aromatic rings. The minimum atomic E-state index is -0.700. The quantitative estimate of drug-likeness (QED) is 0.542. The first-order valence-electron chi connectivity index (χ1n) is 9.54. The number of aryl methyl sites for hydroxylation is 2. The Bertz CT molecular complexity index is 1060. The van der Waals surface area contributed by atoms with Crippen LogP contribution in [-0.2, 0) is 4.79 Å². The van der Waals surface area contributed by atoms with Gasteiger partial charge < -0.3 is 15.4 Å². The van der Waals surface area contributed by atoms with Crippen LogP contribution in [0.2, 0.25) is 5.02 Å². The van der Waals surface area contributed by atoms with E-state index in [2.05, 4.69) is 10.6 Å². The first-order valence-corrected chi connectivity index (χ1v) is 9.92. The molecule has 0 aliphatic heterocycles. The van der Waals surface area contributed by atoms with E-state index in [0.29, 0.717) is 22.0 Å². The lowest BCUT2D eigenvalue weighted by Gasteiger charge is -2.16. The van der Waals surface area contributed by atoms with Crippen molar-refractivity contribution in [2.24, 2.45) is 0 Å². The predicted octanol–water partition coefficient (Wildman–Crippen LogP) is 5.62. The zero-order valence-corrected chi connectivity index (χ0v) is 17.8. The Morgan fingerprint density at radius 2 is 1.60 bits per heavy atom. The molecule has 2 N–H and O–H groups in total. The van der Waals surface area contributed by atoms with Crippen LogP contribution in [0.4, 0.5) is 11.4 Å². The number of hydrogen-bond donors (Lipinski definition) is 2. The molecule has 0 fully saturated rings. The van der Waals surface area contributed by atoms with Crippen molar-refractivity contribution < 1.29 is 14.3 Å². The monoisotopic (exact) mass is 422 g/mol. The van der Waals surface area contributed by atoms with E-state index in [9.17, 15) is 9.59 Å². The van der Waals surface area contributed by atoms with Crippen LogP contribution >= 0.6 is 11.6 Å². The van der Waals surface area contributed by atoms with Gasteiger partial charge in [0, 0.05) is 11.3 Å². The van der Waals surface area contributed by atoms with Gasteiger partial charge >= 0.3 is 0 Å². The summed E-state index contributed by atoms with van der Waals surface area (Å²) in [6.45, 7) is 5.63. The van der Waals surface area contributed by atoms with Gasteiger partial charge in [-0.2, -0.15) is 0 Å². The molecule has 154 valence electrons. The third-order valence-electron chi connectivity index (χ3n) is 4.56. The van der Waals surface area contributed by atoms with Gasteiger partial charge in [0.1, 0.15) is 5.75 Å². The molecule has 0 aromatic heterocycles. The van der Waals surface area contributed by atoms with Crippen molar-refractivity contribution in [1.29, 1.82) is 0 Å². The Hall–Kier alpha value is -3.31. The van der Waals surface area contributed by atoms with E-state index < -0.39 is 6.10 Å². The van der Waals surface area contributed by atoms with Crippen molar-refractivity contribution >= 4 is 34.8 Å². The molecule has 0 bridgehead atoms. The van der Waals surface area contributed by atoms with Crippen molar-refractivity contribution in [2.45, 2.75) is 26.9 Å². The van der Waals surface area contributed by atoms with Gasteiger partial charge in [-0.1, -0.05) is 41.4 Å². The number of benzene rings is 3. The largest absolute Gasteiger partial charge is 0.481 e. The molecule has 30 heavy (non-hydrogen) atoms. The van der Waals surface area contributed by atoms with E-state index in [1.165, 1.54) is 0 Å². The Balaban J connectivity index is 1.59. The number of anilines is 2. The number of ether oxygens (including phenoxy) is 1. The highest BCUT2D eigenvalue weighted by atomic mass is 35.5. The van der Waals surface area contributed by atoms with Gasteiger partial charge in [-0.15, -0.1) is 0 Å². The molecule has 0 saturated carbocycles. The van der Waals surface area contributed by atoms with Crippen molar-refractivity contribution in [1.82, 2.24) is 0 Å². The average Bonchev–Trinajstić information content (AvgIpc) is 2.72. The summed E-state index contributed by atoms with van der Waals surface area (Å²) in [6.07, 6.45) is -0.700. The summed E-state index contributed by atoms with van der Waals surface area (Å²) in [5.41, 5.74) is 3.88. The normalized spacial score (nSPS) is 11.5. The molecule has 3 rings (SSSR count). The van der Waals surface area contributed by atoms with Gasteiger partial charge in [-0.3, -0.25) is 9.59 Å². The molecule has 6 heteroatoms. The second-order valence-electron chi connectivity index (χ2n) is 7.03. The number of carbonyl (C=O) groups is 2. The van der Waals surface area contributed by atoms with E-state index in [1.807, 2.05) is 32.0 Å². The van der Waals surface area contributed by atoms with E-state index >= 15 is 0 Å². The highest BCUT2D eigenvalue weighted by Gasteiger charge is 2.16. The van der Waals surface area contributed by atoms with Crippen LogP contribution in [0.1, 0.15) is 28.4 Å². The summed E-state index contributed by atoms with van der Waals surface area (Å²) in [7, 11) is 0. The maximum Gasteiger partial charge on any atom is 0.265 e. The molecule has 5 nitrogen and oxygen atoms in total. The molecule has 0 aliphatic rings. The number of nitrogens with one attached hydrogen (secondary N) is 2. The van der Waals surface area contributed by atoms with E-state index in [1.54, 1.807) is 55.5 Å². The lowest BCUT2D eigenvalue weighted by Crippen LogP contribution is -2.30. The smallest absolute Gasteiger partial charge is 0.265 e. The molecule has 1 atom stereocenters. The molecule has 0 spiro atoms. The Labute approximate surface area is 181 Å². The molecule has 2 amide bonds. The second kappa shape index (κ2) is 9.46. The van der Waals surface area contributed by atoms with Crippen molar-refractivity contribution in [3.05, 3.63) is 88.4 Å². The number of hydrogen-bond acceptors (Lipinski definition) is 3. The Kier molecular flexibility index (Phi) is 6.75. The number of para-hydroxylation sites is 1. The molecule has 3 aromatic carbocycles. The van der Waals surface area contributed by atoms with Gasteiger partial charge in [-0.05, 0) is 68.8 Å². The number of carbonyl (C=O) groups excluding carboxylic acids is 2. The molecule has 0 radical (unpaired) electrons. The highest BCUT2D eigenvalue weighted by Crippen LogP contribution is 2.22. The molecule has 0 heterocycles. The third kappa shape index (κ3) is 5.39. The van der Waals surface area contributed by atoms with Crippen LogP contribution in [0, 0.1) is 13.8 Å². The van der Waals surface area contributed by atoms with Crippen LogP contribution in [0.5, 0.6) is 5.75 Å². The number of rotatable bonds is 6. The lowest BCUT2D eigenvalue weighted by atomic mass is 10.1. The van der Waals surface area contributed by atoms with Crippen molar-refractivity contribution in [3.8, 4) is 5.75 Å². The number of amides is 2. The first-order chi connectivity index (χ1) is 14.3. The van der Waals surface area contributed by atoms with E-state index in [0.717, 1.165) is 16.8 Å². The fourth-order valence-electron chi connectivity index (χ4n) is 2.89. The first kappa shape index (κ1) is 21.4. The van der Waals surface area contributed by atoms with Gasteiger partial charge in [0.15, 0.2) is 6.10 Å². The van der Waals surface area contributed by atoms with Crippen molar-refractivity contribution in [3.63, 3.8) is 0 Å². The fraction of sp³-hybridized carbons (Fsp3) is 0.167. The minimum absolute atomic E-state index is 0.248. The molecular weight excluding hydrogens is 400 g/mol. The maximum atomic E-state index is 12.5. The zero-order valence-electron chi connectivity index (χ0n) is 17.0. The average molecular weight is 423 g/mol. The summed E-state index contributed by atoms with van der Waals surface area (Å²) in [4.78, 5) is 24.8. The summed E-state index contributed by atoms with van der Waals surface area (Å²) >= 11 is 6.07. The summed E-state index contributed by atoms with van der Waals surface area (Å²) in [5.74, 6) is -0.0367. The fourth-order valence-corrected chi connectivity index (χ4v) is 3.07. The van der Waals surface area contributed by atoms with Crippen molar-refractivity contribution in [2.75, 3.05) is 10.6 Å². The topological polar surface area (TPSA) is 67.4 Å². The van der Waals surface area contributed by atoms with Crippen LogP contribution in [0.3, 0.4) is 0 Å². The summed E-state index contributed by atoms with van der Waals surface area (Å²) in [5, 5.41) is 6.11. The predicted molar refractivity (Wildman–Crippen MR) is 120 cm³/mol. The maximum absolute atomic E-state index is 12.5. The third-order valence-corrected chi connectivity index (χ3v) is 4.89. The molecule has 0 saturated heterocycles. The minimum Gasteiger partial charge on any atom is -0.481 e. The van der Waals surface area contributed by atoms with E-state index in [4.69, 9.17) is 16.3 Å². The van der Waals surface area contributed by atoms with Crippen LogP contribution in [-0.4, -0.2) is 17.9 Å².